The van der Waals surface area contributed by atoms with Crippen molar-refractivity contribution < 1.29 is 9.66 Å². The predicted molar refractivity (Wildman–Crippen MR) is 92.1 cm³/mol. The number of non-ortho nitro benzene ring substituents is 1. The summed E-state index contributed by atoms with van der Waals surface area (Å²) in [5, 5.41) is 14.4. The molecule has 0 amide bonds. The maximum atomic E-state index is 11.0. The van der Waals surface area contributed by atoms with Crippen LogP contribution in [0.5, 0.6) is 5.75 Å². The highest BCUT2D eigenvalue weighted by Gasteiger charge is 2.26. The van der Waals surface area contributed by atoms with Crippen LogP contribution in [-0.2, 0) is 6.54 Å². The standard InChI is InChI=1S/C18H21N3O3/c1-24-18-8-3-2-7-16(18)17-12-19-9-10-20(17)13-14-5-4-6-15(11-14)21(22)23/h2-8,11,17,19H,9-10,12-13H2,1H3. The van der Waals surface area contributed by atoms with Gasteiger partial charge in [-0.25, -0.2) is 0 Å². The van der Waals surface area contributed by atoms with Gasteiger partial charge in [-0.3, -0.25) is 15.0 Å². The van der Waals surface area contributed by atoms with Crippen LogP contribution in [0.3, 0.4) is 0 Å². The molecule has 1 atom stereocenters. The first-order valence-corrected chi connectivity index (χ1v) is 8.00. The number of piperazine rings is 1. The molecule has 0 aromatic heterocycles. The van der Waals surface area contributed by atoms with E-state index in [1.165, 1.54) is 6.07 Å². The predicted octanol–water partition coefficient (Wildman–Crippen LogP) is 2.75. The summed E-state index contributed by atoms with van der Waals surface area (Å²) >= 11 is 0. The monoisotopic (exact) mass is 327 g/mol. The van der Waals surface area contributed by atoms with Crippen LogP contribution in [0.15, 0.2) is 48.5 Å². The maximum absolute atomic E-state index is 11.0. The third-order valence-corrected chi connectivity index (χ3v) is 4.36. The van der Waals surface area contributed by atoms with Crippen molar-refractivity contribution in [2.24, 2.45) is 0 Å². The molecule has 24 heavy (non-hydrogen) atoms. The summed E-state index contributed by atoms with van der Waals surface area (Å²) in [5.74, 6) is 0.871. The molecule has 2 aromatic rings. The van der Waals surface area contributed by atoms with E-state index in [4.69, 9.17) is 4.74 Å². The molecule has 6 heteroatoms. The molecule has 0 radical (unpaired) electrons. The minimum Gasteiger partial charge on any atom is -0.496 e. The molecule has 1 aliphatic heterocycles. The van der Waals surface area contributed by atoms with Gasteiger partial charge in [-0.2, -0.15) is 0 Å². The van der Waals surface area contributed by atoms with Crippen LogP contribution in [0.2, 0.25) is 0 Å². The summed E-state index contributed by atoms with van der Waals surface area (Å²) in [5.41, 5.74) is 2.22. The van der Waals surface area contributed by atoms with E-state index in [0.717, 1.165) is 36.5 Å². The van der Waals surface area contributed by atoms with Crippen LogP contribution in [0.1, 0.15) is 17.2 Å². The van der Waals surface area contributed by atoms with Gasteiger partial charge in [0.25, 0.3) is 5.69 Å². The molecule has 126 valence electrons. The molecule has 1 aliphatic rings. The molecule has 1 heterocycles. The molecule has 1 unspecified atom stereocenters. The van der Waals surface area contributed by atoms with Crippen molar-refractivity contribution in [1.29, 1.82) is 0 Å². The Labute approximate surface area is 141 Å². The van der Waals surface area contributed by atoms with Gasteiger partial charge in [-0.05, 0) is 11.6 Å². The molecule has 1 fully saturated rings. The summed E-state index contributed by atoms with van der Waals surface area (Å²) < 4.78 is 5.50. The van der Waals surface area contributed by atoms with E-state index >= 15 is 0 Å². The second-order valence-electron chi connectivity index (χ2n) is 5.86. The van der Waals surface area contributed by atoms with E-state index in [9.17, 15) is 10.1 Å². The zero-order valence-corrected chi connectivity index (χ0v) is 13.6. The maximum Gasteiger partial charge on any atom is 0.269 e. The molecule has 0 spiro atoms. The molecule has 3 rings (SSSR count). The second-order valence-corrected chi connectivity index (χ2v) is 5.86. The summed E-state index contributed by atoms with van der Waals surface area (Å²) in [6.07, 6.45) is 0. The van der Waals surface area contributed by atoms with E-state index in [0.29, 0.717) is 6.54 Å². The van der Waals surface area contributed by atoms with E-state index < -0.39 is 0 Å². The Balaban J connectivity index is 1.85. The van der Waals surface area contributed by atoms with E-state index in [1.807, 2.05) is 24.3 Å². The zero-order valence-electron chi connectivity index (χ0n) is 13.6. The summed E-state index contributed by atoms with van der Waals surface area (Å²) in [4.78, 5) is 13.0. The summed E-state index contributed by atoms with van der Waals surface area (Å²) in [6, 6.07) is 15.1. The van der Waals surface area contributed by atoms with Gasteiger partial charge >= 0.3 is 0 Å². The Kier molecular flexibility index (Phi) is 5.08. The lowest BCUT2D eigenvalue weighted by Crippen LogP contribution is -2.45. The molecule has 0 aliphatic carbocycles. The van der Waals surface area contributed by atoms with Crippen LogP contribution in [0, 0.1) is 10.1 Å². The van der Waals surface area contributed by atoms with Crippen molar-refractivity contribution in [3.05, 3.63) is 69.8 Å². The number of nitrogens with zero attached hydrogens (tertiary/aromatic N) is 2. The number of benzene rings is 2. The SMILES string of the molecule is COc1ccccc1C1CNCCN1Cc1cccc([N+](=O)[O-])c1. The third kappa shape index (κ3) is 3.55. The average Bonchev–Trinajstić information content (AvgIpc) is 2.62. The highest BCUT2D eigenvalue weighted by molar-refractivity contribution is 5.37. The van der Waals surface area contributed by atoms with Gasteiger partial charge in [0.05, 0.1) is 18.1 Å². The Morgan fingerprint density at radius 2 is 2.12 bits per heavy atom. The molecule has 1 saturated heterocycles. The Morgan fingerprint density at radius 1 is 1.29 bits per heavy atom. The number of para-hydroxylation sites is 1. The van der Waals surface area contributed by atoms with Crippen molar-refractivity contribution >= 4 is 5.69 Å². The fraction of sp³-hybridized carbons (Fsp3) is 0.333. The fourth-order valence-corrected chi connectivity index (χ4v) is 3.19. The molecular formula is C18H21N3O3. The van der Waals surface area contributed by atoms with E-state index in [1.54, 1.807) is 19.2 Å². The number of nitro groups is 1. The Hall–Kier alpha value is -2.44. The van der Waals surface area contributed by atoms with Crippen molar-refractivity contribution in [3.63, 3.8) is 0 Å². The number of hydrogen-bond acceptors (Lipinski definition) is 5. The number of rotatable bonds is 5. The topological polar surface area (TPSA) is 67.6 Å². The lowest BCUT2D eigenvalue weighted by atomic mass is 10.0. The highest BCUT2D eigenvalue weighted by Crippen LogP contribution is 2.31. The van der Waals surface area contributed by atoms with Crippen molar-refractivity contribution in [1.82, 2.24) is 10.2 Å². The summed E-state index contributed by atoms with van der Waals surface area (Å²) in [6.45, 7) is 3.29. The van der Waals surface area contributed by atoms with Crippen LogP contribution < -0.4 is 10.1 Å². The summed E-state index contributed by atoms with van der Waals surface area (Å²) in [7, 11) is 1.68. The largest absolute Gasteiger partial charge is 0.496 e. The van der Waals surface area contributed by atoms with Crippen molar-refractivity contribution in [2.45, 2.75) is 12.6 Å². The molecular weight excluding hydrogens is 306 g/mol. The van der Waals surface area contributed by atoms with Gasteiger partial charge in [0.1, 0.15) is 5.75 Å². The molecule has 6 nitrogen and oxygen atoms in total. The van der Waals surface area contributed by atoms with Gasteiger partial charge < -0.3 is 10.1 Å². The van der Waals surface area contributed by atoms with Gasteiger partial charge in [-0.15, -0.1) is 0 Å². The average molecular weight is 327 g/mol. The van der Waals surface area contributed by atoms with Crippen molar-refractivity contribution in [2.75, 3.05) is 26.7 Å². The molecule has 0 bridgehead atoms. The fourth-order valence-electron chi connectivity index (χ4n) is 3.19. The normalized spacial score (nSPS) is 18.3. The highest BCUT2D eigenvalue weighted by atomic mass is 16.6. The number of nitrogens with one attached hydrogen (secondary N) is 1. The first kappa shape index (κ1) is 16.4. The molecule has 2 aromatic carbocycles. The van der Waals surface area contributed by atoms with E-state index in [2.05, 4.69) is 16.3 Å². The van der Waals surface area contributed by atoms with Crippen LogP contribution >= 0.6 is 0 Å². The smallest absolute Gasteiger partial charge is 0.269 e. The Morgan fingerprint density at radius 3 is 2.92 bits per heavy atom. The number of ether oxygens (including phenoxy) is 1. The Bertz CT molecular complexity index is 720. The number of hydrogen-bond donors (Lipinski definition) is 1. The first-order valence-electron chi connectivity index (χ1n) is 8.00. The van der Waals surface area contributed by atoms with Crippen LogP contribution in [0.4, 0.5) is 5.69 Å². The lowest BCUT2D eigenvalue weighted by Gasteiger charge is -2.37. The first-order chi connectivity index (χ1) is 11.7. The van der Waals surface area contributed by atoms with Gasteiger partial charge in [0.2, 0.25) is 0 Å². The minimum atomic E-state index is -0.348. The number of nitro benzene ring substituents is 1. The van der Waals surface area contributed by atoms with E-state index in [-0.39, 0.29) is 16.7 Å². The van der Waals surface area contributed by atoms with Crippen LogP contribution in [-0.4, -0.2) is 36.6 Å². The minimum absolute atomic E-state index is 0.136. The lowest BCUT2D eigenvalue weighted by molar-refractivity contribution is -0.384. The quantitative estimate of drug-likeness (QED) is 0.675. The van der Waals surface area contributed by atoms with Crippen LogP contribution in [0.25, 0.3) is 0 Å². The molecule has 0 saturated carbocycles. The second kappa shape index (κ2) is 7.42. The van der Waals surface area contributed by atoms with Crippen molar-refractivity contribution in [3.8, 4) is 5.75 Å². The molecule has 1 N–H and O–H groups in total. The van der Waals surface area contributed by atoms with Gasteiger partial charge in [0, 0.05) is 43.9 Å². The number of methoxy groups -OCH3 is 1. The zero-order chi connectivity index (χ0) is 16.9. The third-order valence-electron chi connectivity index (χ3n) is 4.36. The van der Waals surface area contributed by atoms with Gasteiger partial charge in [0.15, 0.2) is 0 Å². The van der Waals surface area contributed by atoms with Gasteiger partial charge in [-0.1, -0.05) is 30.3 Å².